The van der Waals surface area contributed by atoms with Crippen molar-refractivity contribution in [3.05, 3.63) is 27.7 Å². The van der Waals surface area contributed by atoms with E-state index in [2.05, 4.69) is 4.74 Å². The van der Waals surface area contributed by atoms with Crippen molar-refractivity contribution in [3.8, 4) is 0 Å². The van der Waals surface area contributed by atoms with Gasteiger partial charge in [-0.15, -0.1) is 0 Å². The molecule has 1 heterocycles. The van der Waals surface area contributed by atoms with Crippen LogP contribution in [-0.4, -0.2) is 36.5 Å². The lowest BCUT2D eigenvalue weighted by molar-refractivity contribution is -0.141. The summed E-state index contributed by atoms with van der Waals surface area (Å²) in [5.41, 5.74) is 6.29. The molecule has 1 unspecified atom stereocenters. The van der Waals surface area contributed by atoms with Crippen molar-refractivity contribution in [2.24, 2.45) is 0 Å². The molecule has 21 heavy (non-hydrogen) atoms. The Bertz CT molecular complexity index is 554. The Balaban J connectivity index is 2.20. The van der Waals surface area contributed by atoms with Gasteiger partial charge in [-0.1, -0.05) is 23.2 Å². The zero-order chi connectivity index (χ0) is 15.6. The Hall–Kier alpha value is -1.46. The molecule has 114 valence electrons. The highest BCUT2D eigenvalue weighted by Gasteiger charge is 2.31. The van der Waals surface area contributed by atoms with E-state index in [0.717, 1.165) is 12.8 Å². The first-order valence-electron chi connectivity index (χ1n) is 6.56. The predicted molar refractivity (Wildman–Crippen MR) is 81.6 cm³/mol. The van der Waals surface area contributed by atoms with Gasteiger partial charge in [0.25, 0.3) is 5.91 Å². The first-order valence-corrected chi connectivity index (χ1v) is 7.32. The van der Waals surface area contributed by atoms with Gasteiger partial charge in [0, 0.05) is 18.2 Å². The molecule has 1 aliphatic heterocycles. The molecule has 0 aromatic heterocycles. The number of likely N-dealkylation sites (tertiary alicyclic amines) is 1. The van der Waals surface area contributed by atoms with Crippen molar-refractivity contribution in [1.29, 1.82) is 0 Å². The Morgan fingerprint density at radius 2 is 2.00 bits per heavy atom. The van der Waals surface area contributed by atoms with E-state index in [1.165, 1.54) is 19.2 Å². The number of esters is 1. The van der Waals surface area contributed by atoms with Crippen LogP contribution in [0.5, 0.6) is 0 Å². The Morgan fingerprint density at radius 1 is 1.38 bits per heavy atom. The molecule has 1 atom stereocenters. The average Bonchev–Trinajstić information content (AvgIpc) is 2.91. The summed E-state index contributed by atoms with van der Waals surface area (Å²) in [5.74, 6) is -0.529. The summed E-state index contributed by atoms with van der Waals surface area (Å²) >= 11 is 11.9. The molecule has 0 radical (unpaired) electrons. The fraction of sp³-hybridized carbons (Fsp3) is 0.429. The van der Waals surface area contributed by atoms with Gasteiger partial charge in [0.15, 0.2) is 0 Å². The summed E-state index contributed by atoms with van der Waals surface area (Å²) < 4.78 is 4.66. The van der Waals surface area contributed by atoms with Crippen LogP contribution in [0.25, 0.3) is 0 Å². The molecule has 7 heteroatoms. The van der Waals surface area contributed by atoms with E-state index in [9.17, 15) is 9.59 Å². The van der Waals surface area contributed by atoms with E-state index in [1.807, 2.05) is 0 Å². The fourth-order valence-electron chi connectivity index (χ4n) is 2.46. The molecular weight excluding hydrogens is 315 g/mol. The number of rotatable bonds is 3. The number of benzene rings is 1. The van der Waals surface area contributed by atoms with Crippen LogP contribution >= 0.6 is 23.2 Å². The Labute approximate surface area is 132 Å². The minimum Gasteiger partial charge on any atom is -0.469 e. The number of nitrogen functional groups attached to an aromatic ring is 1. The first kappa shape index (κ1) is 15.9. The van der Waals surface area contributed by atoms with Gasteiger partial charge in [-0.25, -0.2) is 0 Å². The van der Waals surface area contributed by atoms with Crippen LogP contribution in [0.1, 0.15) is 29.6 Å². The second-order valence-corrected chi connectivity index (χ2v) is 5.74. The lowest BCUT2D eigenvalue weighted by Crippen LogP contribution is -2.37. The number of nitrogens with zero attached hydrogens (tertiary/aromatic N) is 1. The molecule has 2 N–H and O–H groups in total. The van der Waals surface area contributed by atoms with E-state index >= 15 is 0 Å². The van der Waals surface area contributed by atoms with Crippen molar-refractivity contribution >= 4 is 40.8 Å². The molecule has 5 nitrogen and oxygen atoms in total. The van der Waals surface area contributed by atoms with Gasteiger partial charge in [0.1, 0.15) is 0 Å². The zero-order valence-electron chi connectivity index (χ0n) is 11.6. The zero-order valence-corrected chi connectivity index (χ0v) is 13.1. The highest BCUT2D eigenvalue weighted by atomic mass is 35.5. The third-order valence-corrected chi connectivity index (χ3v) is 4.22. The first-order chi connectivity index (χ1) is 9.93. The second kappa shape index (κ2) is 6.54. The molecule has 1 amide bonds. The van der Waals surface area contributed by atoms with Gasteiger partial charge in [-0.3, -0.25) is 9.59 Å². The molecule has 1 saturated heterocycles. The minimum atomic E-state index is -0.326. The van der Waals surface area contributed by atoms with Crippen LogP contribution in [0.2, 0.25) is 10.0 Å². The smallest absolute Gasteiger partial charge is 0.307 e. The number of hydrogen-bond acceptors (Lipinski definition) is 4. The topological polar surface area (TPSA) is 72.6 Å². The monoisotopic (exact) mass is 330 g/mol. The van der Waals surface area contributed by atoms with E-state index in [4.69, 9.17) is 28.9 Å². The van der Waals surface area contributed by atoms with Gasteiger partial charge in [0.2, 0.25) is 0 Å². The van der Waals surface area contributed by atoms with Crippen LogP contribution in [0.3, 0.4) is 0 Å². The van der Waals surface area contributed by atoms with Crippen molar-refractivity contribution in [2.45, 2.75) is 25.3 Å². The fourth-order valence-corrected chi connectivity index (χ4v) is 2.95. The maximum Gasteiger partial charge on any atom is 0.307 e. The molecule has 0 bridgehead atoms. The molecule has 1 fully saturated rings. The number of nitrogens with two attached hydrogens (primary N) is 1. The predicted octanol–water partition coefficient (Wildman–Crippen LogP) is 2.74. The Kier molecular flexibility index (Phi) is 4.96. The van der Waals surface area contributed by atoms with Gasteiger partial charge in [-0.2, -0.15) is 0 Å². The summed E-state index contributed by atoms with van der Waals surface area (Å²) in [4.78, 5) is 25.6. The number of anilines is 1. The van der Waals surface area contributed by atoms with Crippen molar-refractivity contribution < 1.29 is 14.3 Å². The van der Waals surface area contributed by atoms with Gasteiger partial charge < -0.3 is 15.4 Å². The number of ether oxygens (including phenoxy) is 1. The average molecular weight is 331 g/mol. The molecular formula is C14H16Cl2N2O3. The van der Waals surface area contributed by atoms with Crippen LogP contribution in [0, 0.1) is 0 Å². The third-order valence-electron chi connectivity index (χ3n) is 3.59. The number of methoxy groups -OCH3 is 1. The molecule has 0 spiro atoms. The summed E-state index contributed by atoms with van der Waals surface area (Å²) in [6.07, 6.45) is 1.82. The molecule has 0 aliphatic carbocycles. The van der Waals surface area contributed by atoms with E-state index in [1.54, 1.807) is 4.90 Å². The lowest BCUT2D eigenvalue weighted by Gasteiger charge is -2.24. The van der Waals surface area contributed by atoms with Gasteiger partial charge in [-0.05, 0) is 25.0 Å². The SMILES string of the molecule is COC(=O)CC1CCCN1C(=O)c1cc(Cl)c(N)c(Cl)c1. The second-order valence-electron chi connectivity index (χ2n) is 4.93. The molecule has 1 aliphatic rings. The summed E-state index contributed by atoms with van der Waals surface area (Å²) in [5, 5.41) is 0.490. The highest BCUT2D eigenvalue weighted by molar-refractivity contribution is 6.39. The molecule has 2 rings (SSSR count). The van der Waals surface area contributed by atoms with Gasteiger partial charge >= 0.3 is 5.97 Å². The van der Waals surface area contributed by atoms with Crippen LogP contribution in [0.4, 0.5) is 5.69 Å². The number of hydrogen-bond donors (Lipinski definition) is 1. The number of amides is 1. The normalized spacial score (nSPS) is 17.9. The summed E-state index contributed by atoms with van der Waals surface area (Å²) in [6, 6.07) is 2.84. The van der Waals surface area contributed by atoms with Crippen molar-refractivity contribution in [2.75, 3.05) is 19.4 Å². The van der Waals surface area contributed by atoms with E-state index < -0.39 is 0 Å². The summed E-state index contributed by atoms with van der Waals surface area (Å²) in [7, 11) is 1.34. The van der Waals surface area contributed by atoms with Crippen molar-refractivity contribution in [3.63, 3.8) is 0 Å². The van der Waals surface area contributed by atoms with Crippen molar-refractivity contribution in [1.82, 2.24) is 4.90 Å². The van der Waals surface area contributed by atoms with E-state index in [0.29, 0.717) is 12.1 Å². The van der Waals surface area contributed by atoms with Gasteiger partial charge in [0.05, 0.1) is 29.3 Å². The number of carbonyl (C=O) groups excluding carboxylic acids is 2. The highest BCUT2D eigenvalue weighted by Crippen LogP contribution is 2.31. The third kappa shape index (κ3) is 3.41. The summed E-state index contributed by atoms with van der Waals surface area (Å²) in [6.45, 7) is 0.597. The standard InChI is InChI=1S/C14H16Cl2N2O3/c1-21-12(19)7-9-3-2-4-18(9)14(20)8-5-10(15)13(17)11(16)6-8/h5-6,9H,2-4,7,17H2,1H3. The largest absolute Gasteiger partial charge is 0.469 e. The lowest BCUT2D eigenvalue weighted by atomic mass is 10.1. The van der Waals surface area contributed by atoms with Crippen LogP contribution in [0.15, 0.2) is 12.1 Å². The molecule has 1 aromatic rings. The number of halogens is 2. The number of carbonyl (C=O) groups is 2. The molecule has 1 aromatic carbocycles. The molecule has 0 saturated carbocycles. The van der Waals surface area contributed by atoms with Crippen LogP contribution < -0.4 is 5.73 Å². The maximum atomic E-state index is 12.6. The van der Waals surface area contributed by atoms with E-state index in [-0.39, 0.29) is 40.1 Å². The quantitative estimate of drug-likeness (QED) is 0.683. The minimum absolute atomic E-state index is 0.153. The maximum absolute atomic E-state index is 12.6. The Morgan fingerprint density at radius 3 is 2.57 bits per heavy atom. The van der Waals surface area contributed by atoms with Crippen LogP contribution in [-0.2, 0) is 9.53 Å².